The van der Waals surface area contributed by atoms with Crippen LogP contribution in [0, 0.1) is 0 Å². The molecule has 0 unspecified atom stereocenters. The number of benzene rings is 1. The number of rotatable bonds is 2. The number of hydrogen-bond acceptors (Lipinski definition) is 4. The van der Waals surface area contributed by atoms with Crippen LogP contribution in [0.25, 0.3) is 0 Å². The number of carbonyl (C=O) groups is 2. The lowest BCUT2D eigenvalue weighted by molar-refractivity contribution is 0.0954. The standard InChI is InChI=1S/C17H19N5O2/c23-16-12-8-11(4-3-10(12)2-1-6-19-16)20-17(24)15-13-9-18-7-5-14(13)21-22-15/h3-4,8,18H,1-2,5-7,9H2,(H,19,23)(H,20,24)(H,21,22). The van der Waals surface area contributed by atoms with Crippen molar-refractivity contribution < 1.29 is 9.59 Å². The molecule has 3 heterocycles. The molecule has 4 N–H and O–H groups in total. The Morgan fingerprint density at radius 1 is 1.21 bits per heavy atom. The Balaban J connectivity index is 1.58. The number of anilines is 1. The third-order valence-electron chi connectivity index (χ3n) is 4.54. The molecule has 0 atom stereocenters. The first kappa shape index (κ1) is 14.9. The van der Waals surface area contributed by atoms with Crippen molar-refractivity contribution in [3.63, 3.8) is 0 Å². The van der Waals surface area contributed by atoms with Gasteiger partial charge in [0, 0.05) is 48.6 Å². The lowest BCUT2D eigenvalue weighted by Gasteiger charge is -2.13. The van der Waals surface area contributed by atoms with Gasteiger partial charge in [0.1, 0.15) is 0 Å². The van der Waals surface area contributed by atoms with Crippen molar-refractivity contribution in [2.75, 3.05) is 18.4 Å². The van der Waals surface area contributed by atoms with Gasteiger partial charge in [-0.25, -0.2) is 0 Å². The van der Waals surface area contributed by atoms with Crippen molar-refractivity contribution in [3.05, 3.63) is 46.3 Å². The number of H-pyrrole nitrogens is 1. The van der Waals surface area contributed by atoms with E-state index in [4.69, 9.17) is 0 Å². The maximum atomic E-state index is 12.5. The number of aryl methyl sites for hydroxylation is 1. The lowest BCUT2D eigenvalue weighted by atomic mass is 10.0. The normalized spacial score (nSPS) is 16.6. The second-order valence-corrected chi connectivity index (χ2v) is 6.14. The van der Waals surface area contributed by atoms with Crippen LogP contribution >= 0.6 is 0 Å². The number of hydrogen-bond donors (Lipinski definition) is 4. The fraction of sp³-hybridized carbons (Fsp3) is 0.353. The summed E-state index contributed by atoms with van der Waals surface area (Å²) in [7, 11) is 0. The average Bonchev–Trinajstić information content (AvgIpc) is 2.95. The molecular formula is C17H19N5O2. The summed E-state index contributed by atoms with van der Waals surface area (Å²) in [4.78, 5) is 24.7. The zero-order valence-corrected chi connectivity index (χ0v) is 13.2. The number of aromatic amines is 1. The predicted octanol–water partition coefficient (Wildman–Crippen LogP) is 0.984. The van der Waals surface area contributed by atoms with Gasteiger partial charge in [0.15, 0.2) is 5.69 Å². The lowest BCUT2D eigenvalue weighted by Crippen LogP contribution is -2.25. The van der Waals surface area contributed by atoms with E-state index in [1.54, 1.807) is 6.07 Å². The first-order valence-corrected chi connectivity index (χ1v) is 8.21. The van der Waals surface area contributed by atoms with Crippen molar-refractivity contribution in [1.29, 1.82) is 0 Å². The fourth-order valence-electron chi connectivity index (χ4n) is 3.26. The molecule has 1 aromatic carbocycles. The van der Waals surface area contributed by atoms with Crippen LogP contribution in [0.5, 0.6) is 0 Å². The number of nitrogens with zero attached hydrogens (tertiary/aromatic N) is 1. The quantitative estimate of drug-likeness (QED) is 0.661. The Labute approximate surface area is 139 Å². The molecule has 0 saturated carbocycles. The SMILES string of the molecule is O=C1NCCCc2ccc(NC(=O)c3n[nH]c4c3CNCC4)cc21. The largest absolute Gasteiger partial charge is 0.352 e. The third kappa shape index (κ3) is 2.67. The predicted molar refractivity (Wildman–Crippen MR) is 89.0 cm³/mol. The Kier molecular flexibility index (Phi) is 3.78. The van der Waals surface area contributed by atoms with Gasteiger partial charge in [-0.3, -0.25) is 14.7 Å². The minimum Gasteiger partial charge on any atom is -0.352 e. The molecule has 124 valence electrons. The summed E-state index contributed by atoms with van der Waals surface area (Å²) < 4.78 is 0. The Morgan fingerprint density at radius 2 is 2.12 bits per heavy atom. The van der Waals surface area contributed by atoms with Crippen LogP contribution in [0.4, 0.5) is 5.69 Å². The van der Waals surface area contributed by atoms with Crippen molar-refractivity contribution in [1.82, 2.24) is 20.8 Å². The van der Waals surface area contributed by atoms with Gasteiger partial charge in [0.25, 0.3) is 11.8 Å². The Bertz CT molecular complexity index is 811. The van der Waals surface area contributed by atoms with Gasteiger partial charge in [-0.2, -0.15) is 5.10 Å². The van der Waals surface area contributed by atoms with Gasteiger partial charge < -0.3 is 16.0 Å². The summed E-state index contributed by atoms with van der Waals surface area (Å²) in [6.45, 7) is 2.21. The summed E-state index contributed by atoms with van der Waals surface area (Å²) in [5, 5.41) is 16.1. The molecule has 0 saturated heterocycles. The monoisotopic (exact) mass is 325 g/mol. The van der Waals surface area contributed by atoms with Gasteiger partial charge >= 0.3 is 0 Å². The Morgan fingerprint density at radius 3 is 3.04 bits per heavy atom. The zero-order valence-electron chi connectivity index (χ0n) is 13.2. The first-order chi connectivity index (χ1) is 11.7. The second-order valence-electron chi connectivity index (χ2n) is 6.14. The van der Waals surface area contributed by atoms with E-state index in [1.165, 1.54) is 0 Å². The van der Waals surface area contributed by atoms with E-state index in [9.17, 15) is 9.59 Å². The molecule has 0 bridgehead atoms. The number of fused-ring (bicyclic) bond motifs is 2. The molecule has 7 nitrogen and oxygen atoms in total. The topological polar surface area (TPSA) is 98.9 Å². The highest BCUT2D eigenvalue weighted by atomic mass is 16.2. The molecule has 2 aliphatic rings. The fourth-order valence-corrected chi connectivity index (χ4v) is 3.26. The van der Waals surface area contributed by atoms with Crippen molar-refractivity contribution in [2.24, 2.45) is 0 Å². The smallest absolute Gasteiger partial charge is 0.276 e. The number of carbonyl (C=O) groups excluding carboxylic acids is 2. The van der Waals surface area contributed by atoms with E-state index in [-0.39, 0.29) is 11.8 Å². The van der Waals surface area contributed by atoms with E-state index in [2.05, 4.69) is 26.1 Å². The number of amides is 2. The summed E-state index contributed by atoms with van der Waals surface area (Å²) >= 11 is 0. The minimum atomic E-state index is -0.259. The van der Waals surface area contributed by atoms with Gasteiger partial charge in [-0.1, -0.05) is 6.07 Å². The average molecular weight is 325 g/mol. The van der Waals surface area contributed by atoms with E-state index < -0.39 is 0 Å². The molecule has 0 spiro atoms. The molecule has 0 radical (unpaired) electrons. The number of aromatic nitrogens is 2. The molecule has 2 amide bonds. The van der Waals surface area contributed by atoms with Crippen molar-refractivity contribution >= 4 is 17.5 Å². The van der Waals surface area contributed by atoms with Crippen LogP contribution < -0.4 is 16.0 Å². The molecule has 0 aliphatic carbocycles. The van der Waals surface area contributed by atoms with Crippen LogP contribution in [0.15, 0.2) is 18.2 Å². The van der Waals surface area contributed by atoms with Crippen LogP contribution in [0.3, 0.4) is 0 Å². The summed E-state index contributed by atoms with van der Waals surface area (Å²) in [6, 6.07) is 5.50. The van der Waals surface area contributed by atoms with E-state index >= 15 is 0 Å². The molecule has 0 fully saturated rings. The van der Waals surface area contributed by atoms with Crippen LogP contribution in [-0.2, 0) is 19.4 Å². The highest BCUT2D eigenvalue weighted by molar-refractivity contribution is 6.05. The minimum absolute atomic E-state index is 0.0834. The molecule has 4 rings (SSSR count). The van der Waals surface area contributed by atoms with Gasteiger partial charge in [-0.15, -0.1) is 0 Å². The molecule has 24 heavy (non-hydrogen) atoms. The summed E-state index contributed by atoms with van der Waals surface area (Å²) in [5.41, 5.74) is 4.61. The van der Waals surface area contributed by atoms with Gasteiger partial charge in [-0.05, 0) is 30.5 Å². The van der Waals surface area contributed by atoms with Crippen LogP contribution in [0.2, 0.25) is 0 Å². The van der Waals surface area contributed by atoms with Crippen molar-refractivity contribution in [3.8, 4) is 0 Å². The van der Waals surface area contributed by atoms with Crippen molar-refractivity contribution in [2.45, 2.75) is 25.8 Å². The zero-order chi connectivity index (χ0) is 16.5. The molecule has 2 aromatic rings. The highest BCUT2D eigenvalue weighted by Gasteiger charge is 2.22. The molecule has 2 aliphatic heterocycles. The van der Waals surface area contributed by atoms with E-state index in [1.807, 2.05) is 12.1 Å². The highest BCUT2D eigenvalue weighted by Crippen LogP contribution is 2.21. The maximum absolute atomic E-state index is 12.5. The maximum Gasteiger partial charge on any atom is 0.276 e. The molecule has 1 aromatic heterocycles. The Hall–Kier alpha value is -2.67. The first-order valence-electron chi connectivity index (χ1n) is 8.21. The van der Waals surface area contributed by atoms with Gasteiger partial charge in [0.2, 0.25) is 0 Å². The third-order valence-corrected chi connectivity index (χ3v) is 4.54. The van der Waals surface area contributed by atoms with Crippen LogP contribution in [0.1, 0.15) is 44.1 Å². The van der Waals surface area contributed by atoms with E-state index in [0.29, 0.717) is 30.0 Å². The number of nitrogens with one attached hydrogen (secondary N) is 4. The molecule has 7 heteroatoms. The summed E-state index contributed by atoms with van der Waals surface area (Å²) in [6.07, 6.45) is 2.63. The van der Waals surface area contributed by atoms with E-state index in [0.717, 1.165) is 42.6 Å². The van der Waals surface area contributed by atoms with Gasteiger partial charge in [0.05, 0.1) is 0 Å². The molecular weight excluding hydrogens is 306 g/mol. The second kappa shape index (κ2) is 6.09. The van der Waals surface area contributed by atoms with Crippen LogP contribution in [-0.4, -0.2) is 35.1 Å². The summed E-state index contributed by atoms with van der Waals surface area (Å²) in [5.74, 6) is -0.342.